The fourth-order valence-corrected chi connectivity index (χ4v) is 1.97. The van der Waals surface area contributed by atoms with Crippen molar-refractivity contribution in [1.82, 2.24) is 5.32 Å². The Morgan fingerprint density at radius 1 is 1.10 bits per heavy atom. The highest BCUT2D eigenvalue weighted by molar-refractivity contribution is 6.30. The van der Waals surface area contributed by atoms with Gasteiger partial charge in [0.2, 0.25) is 0 Å². The van der Waals surface area contributed by atoms with Crippen molar-refractivity contribution in [2.24, 2.45) is 0 Å². The molecule has 0 heterocycles. The molecule has 0 bridgehead atoms. The van der Waals surface area contributed by atoms with Gasteiger partial charge in [0, 0.05) is 18.7 Å². The summed E-state index contributed by atoms with van der Waals surface area (Å²) < 4.78 is 42.3. The van der Waals surface area contributed by atoms with Gasteiger partial charge in [0.1, 0.15) is 11.6 Å². The van der Waals surface area contributed by atoms with Crippen LogP contribution >= 0.6 is 11.6 Å². The lowest BCUT2D eigenvalue weighted by molar-refractivity contribution is -0.0505. The minimum absolute atomic E-state index is 0.0643. The maximum absolute atomic E-state index is 13.3. The zero-order valence-electron chi connectivity index (χ0n) is 11.0. The molecule has 1 N–H and O–H groups in total. The third-order valence-electron chi connectivity index (χ3n) is 2.82. The molecule has 21 heavy (non-hydrogen) atoms. The third-order valence-corrected chi connectivity index (χ3v) is 3.12. The van der Waals surface area contributed by atoms with Gasteiger partial charge in [0.15, 0.2) is 0 Å². The van der Waals surface area contributed by atoms with Gasteiger partial charge in [-0.1, -0.05) is 35.9 Å². The Balaban J connectivity index is 1.95. The van der Waals surface area contributed by atoms with Crippen molar-refractivity contribution >= 4 is 11.6 Å². The lowest BCUT2D eigenvalue weighted by Crippen LogP contribution is -2.14. The molecule has 0 aromatic heterocycles. The Kier molecular flexibility index (Phi) is 5.47. The van der Waals surface area contributed by atoms with Crippen LogP contribution in [0.2, 0.25) is 5.02 Å². The summed E-state index contributed by atoms with van der Waals surface area (Å²) in [5, 5.41) is 3.11. The van der Waals surface area contributed by atoms with Gasteiger partial charge < -0.3 is 10.1 Å². The van der Waals surface area contributed by atoms with E-state index in [1.807, 2.05) is 0 Å². The van der Waals surface area contributed by atoms with Gasteiger partial charge in [-0.05, 0) is 23.8 Å². The molecule has 0 unspecified atom stereocenters. The molecule has 0 saturated carbocycles. The highest BCUT2D eigenvalue weighted by Gasteiger charge is 2.08. The second-order valence-corrected chi connectivity index (χ2v) is 4.75. The summed E-state index contributed by atoms with van der Waals surface area (Å²) in [5.41, 5.74) is 1.32. The molecule has 0 radical (unpaired) electrons. The second-order valence-electron chi connectivity index (χ2n) is 4.34. The van der Waals surface area contributed by atoms with Gasteiger partial charge >= 0.3 is 6.61 Å². The molecule has 2 nitrogen and oxygen atoms in total. The molecule has 2 rings (SSSR count). The first-order valence-corrected chi connectivity index (χ1v) is 6.61. The number of rotatable bonds is 6. The van der Waals surface area contributed by atoms with Crippen LogP contribution in [0, 0.1) is 5.82 Å². The van der Waals surface area contributed by atoms with E-state index in [2.05, 4.69) is 10.1 Å². The van der Waals surface area contributed by atoms with Crippen LogP contribution in [-0.2, 0) is 13.1 Å². The van der Waals surface area contributed by atoms with Crippen LogP contribution in [0.5, 0.6) is 5.75 Å². The fourth-order valence-electron chi connectivity index (χ4n) is 1.85. The molecule has 0 aliphatic carbocycles. The van der Waals surface area contributed by atoms with Crippen molar-refractivity contribution < 1.29 is 17.9 Å². The largest absolute Gasteiger partial charge is 0.434 e. The van der Waals surface area contributed by atoms with E-state index in [0.717, 1.165) is 0 Å². The molecule has 0 aliphatic rings. The Morgan fingerprint density at radius 2 is 1.86 bits per heavy atom. The van der Waals surface area contributed by atoms with E-state index in [-0.39, 0.29) is 10.8 Å². The smallest absolute Gasteiger partial charge is 0.387 e. The van der Waals surface area contributed by atoms with E-state index in [9.17, 15) is 13.2 Å². The highest BCUT2D eigenvalue weighted by Crippen LogP contribution is 2.20. The average molecular weight is 316 g/mol. The van der Waals surface area contributed by atoms with E-state index >= 15 is 0 Å². The van der Waals surface area contributed by atoms with Crippen molar-refractivity contribution in [3.05, 3.63) is 64.4 Å². The molecule has 6 heteroatoms. The number of alkyl halides is 2. The molecule has 0 saturated heterocycles. The van der Waals surface area contributed by atoms with Gasteiger partial charge in [0.05, 0.1) is 5.02 Å². The van der Waals surface area contributed by atoms with Gasteiger partial charge in [-0.15, -0.1) is 0 Å². The molecular formula is C15H13ClF3NO. The number of ether oxygens (including phenoxy) is 1. The van der Waals surface area contributed by atoms with E-state index in [0.29, 0.717) is 24.2 Å². The molecule has 0 aliphatic heterocycles. The van der Waals surface area contributed by atoms with Crippen LogP contribution in [0.1, 0.15) is 11.1 Å². The van der Waals surface area contributed by atoms with Crippen LogP contribution < -0.4 is 10.1 Å². The molecule has 0 amide bonds. The first kappa shape index (κ1) is 15.7. The summed E-state index contributed by atoms with van der Waals surface area (Å²) >= 11 is 5.60. The molecule has 112 valence electrons. The van der Waals surface area contributed by atoms with Crippen molar-refractivity contribution in [1.29, 1.82) is 0 Å². The number of hydrogen-bond donors (Lipinski definition) is 1. The molecular weight excluding hydrogens is 303 g/mol. The number of halogens is 4. The predicted octanol–water partition coefficient (Wildman–Crippen LogP) is 4.37. The third kappa shape index (κ3) is 4.65. The summed E-state index contributed by atoms with van der Waals surface area (Å²) in [5.74, 6) is -0.361. The summed E-state index contributed by atoms with van der Waals surface area (Å²) in [7, 11) is 0. The zero-order valence-corrected chi connectivity index (χ0v) is 11.7. The first-order valence-electron chi connectivity index (χ1n) is 6.23. The van der Waals surface area contributed by atoms with Crippen molar-refractivity contribution in [3.8, 4) is 5.75 Å². The number of benzene rings is 2. The Morgan fingerprint density at radius 3 is 2.57 bits per heavy atom. The van der Waals surface area contributed by atoms with E-state index < -0.39 is 12.4 Å². The highest BCUT2D eigenvalue weighted by atomic mass is 35.5. The van der Waals surface area contributed by atoms with Crippen LogP contribution in [-0.4, -0.2) is 6.61 Å². The number of para-hydroxylation sites is 1. The summed E-state index contributed by atoms with van der Waals surface area (Å²) in [6.07, 6.45) is 0. The van der Waals surface area contributed by atoms with E-state index in [1.165, 1.54) is 18.2 Å². The Labute approximate surface area is 125 Å². The summed E-state index contributed by atoms with van der Waals surface area (Å²) in [6, 6.07) is 11.0. The van der Waals surface area contributed by atoms with Crippen molar-refractivity contribution in [3.63, 3.8) is 0 Å². The molecule has 0 spiro atoms. The number of hydrogen-bond acceptors (Lipinski definition) is 2. The fraction of sp³-hybridized carbons (Fsp3) is 0.200. The van der Waals surface area contributed by atoms with Crippen LogP contribution in [0.15, 0.2) is 42.5 Å². The van der Waals surface area contributed by atoms with Crippen LogP contribution in [0.3, 0.4) is 0 Å². The van der Waals surface area contributed by atoms with Crippen molar-refractivity contribution in [2.75, 3.05) is 0 Å². The predicted molar refractivity (Wildman–Crippen MR) is 75.0 cm³/mol. The quantitative estimate of drug-likeness (QED) is 0.854. The molecule has 2 aromatic carbocycles. The Hall–Kier alpha value is -1.72. The van der Waals surface area contributed by atoms with Gasteiger partial charge in [0.25, 0.3) is 0 Å². The minimum atomic E-state index is -2.86. The van der Waals surface area contributed by atoms with Gasteiger partial charge in [-0.2, -0.15) is 8.78 Å². The lowest BCUT2D eigenvalue weighted by atomic mass is 10.2. The lowest BCUT2D eigenvalue weighted by Gasteiger charge is -2.11. The molecule has 0 fully saturated rings. The summed E-state index contributed by atoms with van der Waals surface area (Å²) in [4.78, 5) is 0. The second kappa shape index (κ2) is 7.33. The standard InChI is InChI=1S/C15H13ClF3NO/c16-12-6-5-10(7-13(12)17)8-20-9-11-3-1-2-4-14(11)21-15(18)19/h1-7,15,20H,8-9H2. The first-order chi connectivity index (χ1) is 10.1. The summed E-state index contributed by atoms with van der Waals surface area (Å²) in [6.45, 7) is -2.15. The van der Waals surface area contributed by atoms with E-state index in [1.54, 1.807) is 24.3 Å². The molecule has 0 atom stereocenters. The van der Waals surface area contributed by atoms with Crippen LogP contribution in [0.4, 0.5) is 13.2 Å². The maximum atomic E-state index is 13.3. The average Bonchev–Trinajstić information content (AvgIpc) is 2.44. The van der Waals surface area contributed by atoms with Gasteiger partial charge in [-0.3, -0.25) is 0 Å². The zero-order chi connectivity index (χ0) is 15.2. The number of nitrogens with one attached hydrogen (secondary N) is 1. The van der Waals surface area contributed by atoms with Crippen molar-refractivity contribution in [2.45, 2.75) is 19.7 Å². The molecule has 2 aromatic rings. The van der Waals surface area contributed by atoms with E-state index in [4.69, 9.17) is 11.6 Å². The topological polar surface area (TPSA) is 21.3 Å². The Bertz CT molecular complexity index is 607. The SMILES string of the molecule is Fc1cc(CNCc2ccccc2OC(F)F)ccc1Cl. The normalized spacial score (nSPS) is 10.9. The maximum Gasteiger partial charge on any atom is 0.387 e. The minimum Gasteiger partial charge on any atom is -0.434 e. The monoisotopic (exact) mass is 315 g/mol. The van der Waals surface area contributed by atoms with Crippen LogP contribution in [0.25, 0.3) is 0 Å². The van der Waals surface area contributed by atoms with Gasteiger partial charge in [-0.25, -0.2) is 4.39 Å².